The van der Waals surface area contributed by atoms with E-state index in [1.165, 1.54) is 43.4 Å². The highest BCUT2D eigenvalue weighted by molar-refractivity contribution is 7.92. The van der Waals surface area contributed by atoms with Gasteiger partial charge in [-0.25, -0.2) is 26.4 Å². The summed E-state index contributed by atoms with van der Waals surface area (Å²) in [6.07, 6.45) is 0. The summed E-state index contributed by atoms with van der Waals surface area (Å²) in [5.74, 6) is -0.691. The van der Waals surface area contributed by atoms with Crippen molar-refractivity contribution in [3.8, 4) is 0 Å². The van der Waals surface area contributed by atoms with Crippen LogP contribution in [0.1, 0.15) is 5.56 Å². The van der Waals surface area contributed by atoms with Crippen LogP contribution in [0.2, 0.25) is 0 Å². The monoisotopic (exact) mass is 397 g/mol. The average Bonchev–Trinajstić information content (AvgIpc) is 2.95. The number of aromatic amines is 1. The fourth-order valence-electron chi connectivity index (χ4n) is 2.29. The molecule has 0 spiro atoms. The van der Waals surface area contributed by atoms with E-state index in [0.29, 0.717) is 11.1 Å². The van der Waals surface area contributed by atoms with Crippen LogP contribution in [0.15, 0.2) is 55.4 Å². The van der Waals surface area contributed by atoms with Crippen LogP contribution in [0, 0.1) is 6.92 Å². The van der Waals surface area contributed by atoms with Gasteiger partial charge in [0.2, 0.25) is 10.0 Å². The molecule has 9 nitrogen and oxygen atoms in total. The third kappa shape index (κ3) is 3.36. The van der Waals surface area contributed by atoms with E-state index in [4.69, 9.17) is 4.42 Å². The second-order valence-electron chi connectivity index (χ2n) is 5.46. The third-order valence-electron chi connectivity index (χ3n) is 3.74. The van der Waals surface area contributed by atoms with Crippen LogP contribution in [0.5, 0.6) is 0 Å². The number of nitrogens with one attached hydrogen (secondary N) is 3. The number of aromatic nitrogens is 1. The van der Waals surface area contributed by atoms with Crippen LogP contribution in [0.25, 0.3) is 11.1 Å². The maximum atomic E-state index is 12.6. The molecule has 3 rings (SSSR count). The van der Waals surface area contributed by atoms with E-state index in [2.05, 4.69) is 14.4 Å². The highest BCUT2D eigenvalue weighted by atomic mass is 32.2. The van der Waals surface area contributed by atoms with E-state index in [1.54, 1.807) is 6.92 Å². The Labute approximate surface area is 149 Å². The normalized spacial score (nSPS) is 12.4. The van der Waals surface area contributed by atoms with Gasteiger partial charge in [0.1, 0.15) is 0 Å². The van der Waals surface area contributed by atoms with Crippen LogP contribution in [-0.4, -0.2) is 28.9 Å². The number of aryl methyl sites for hydroxylation is 1. The molecule has 1 aromatic heterocycles. The Balaban J connectivity index is 2.03. The van der Waals surface area contributed by atoms with Crippen LogP contribution >= 0.6 is 0 Å². The minimum Gasteiger partial charge on any atom is -0.408 e. The molecule has 0 bridgehead atoms. The van der Waals surface area contributed by atoms with Crippen LogP contribution in [-0.2, 0) is 20.0 Å². The maximum absolute atomic E-state index is 12.6. The molecule has 0 radical (unpaired) electrons. The Hall–Kier alpha value is -2.63. The summed E-state index contributed by atoms with van der Waals surface area (Å²) in [7, 11) is -6.49. The number of hydrogen-bond donors (Lipinski definition) is 3. The Morgan fingerprint density at radius 3 is 2.31 bits per heavy atom. The first-order chi connectivity index (χ1) is 12.1. The van der Waals surface area contributed by atoms with Crippen molar-refractivity contribution in [2.45, 2.75) is 16.7 Å². The topological polar surface area (TPSA) is 138 Å². The van der Waals surface area contributed by atoms with Gasteiger partial charge in [0.05, 0.1) is 21.0 Å². The van der Waals surface area contributed by atoms with E-state index >= 15 is 0 Å². The van der Waals surface area contributed by atoms with Crippen LogP contribution in [0.3, 0.4) is 0 Å². The first-order valence-electron chi connectivity index (χ1n) is 7.32. The van der Waals surface area contributed by atoms with E-state index < -0.39 is 25.8 Å². The first kappa shape index (κ1) is 18.2. The molecule has 0 atom stereocenters. The molecule has 1 heterocycles. The number of anilines is 1. The number of fused-ring (bicyclic) bond motifs is 1. The Kier molecular flexibility index (Phi) is 4.38. The summed E-state index contributed by atoms with van der Waals surface area (Å²) in [6, 6.07) is 8.02. The fraction of sp³-hybridized carbons (Fsp3) is 0.133. The Morgan fingerprint density at radius 2 is 1.62 bits per heavy atom. The molecule has 0 unspecified atom stereocenters. The van der Waals surface area contributed by atoms with Crippen molar-refractivity contribution in [3.63, 3.8) is 0 Å². The zero-order valence-electron chi connectivity index (χ0n) is 13.7. The largest absolute Gasteiger partial charge is 0.417 e. The zero-order valence-corrected chi connectivity index (χ0v) is 15.4. The van der Waals surface area contributed by atoms with Gasteiger partial charge in [-0.15, -0.1) is 0 Å². The van der Waals surface area contributed by atoms with E-state index in [1.807, 2.05) is 0 Å². The number of rotatable bonds is 5. The lowest BCUT2D eigenvalue weighted by Gasteiger charge is -2.12. The van der Waals surface area contributed by atoms with Gasteiger partial charge in [-0.1, -0.05) is 6.07 Å². The van der Waals surface area contributed by atoms with Crippen molar-refractivity contribution in [2.24, 2.45) is 0 Å². The van der Waals surface area contributed by atoms with Gasteiger partial charge >= 0.3 is 5.76 Å². The van der Waals surface area contributed by atoms with E-state index in [9.17, 15) is 21.6 Å². The lowest BCUT2D eigenvalue weighted by molar-refractivity contribution is 0.554. The average molecular weight is 397 g/mol. The minimum atomic E-state index is -4.03. The molecule has 26 heavy (non-hydrogen) atoms. The molecule has 0 amide bonds. The summed E-state index contributed by atoms with van der Waals surface area (Å²) in [5.41, 5.74) is 1.13. The maximum Gasteiger partial charge on any atom is 0.417 e. The number of hydrogen-bond acceptors (Lipinski definition) is 6. The highest BCUT2D eigenvalue weighted by Gasteiger charge is 2.19. The standard InChI is InChI=1S/C15H15N3O6S2/c1-9-3-4-10(25(20,21)16-2)7-13(9)18-26(22,23)11-5-6-12-14(8-11)24-15(19)17-12/h3-8,16,18H,1-2H3,(H,17,19). The van der Waals surface area contributed by atoms with Gasteiger partial charge < -0.3 is 4.42 Å². The van der Waals surface area contributed by atoms with Gasteiger partial charge in [0.25, 0.3) is 10.0 Å². The van der Waals surface area contributed by atoms with Gasteiger partial charge in [0, 0.05) is 6.07 Å². The molecule has 0 aliphatic heterocycles. The minimum absolute atomic E-state index is 0.0737. The third-order valence-corrected chi connectivity index (χ3v) is 6.51. The molecule has 0 saturated heterocycles. The SMILES string of the molecule is CNS(=O)(=O)c1ccc(C)c(NS(=O)(=O)c2ccc3[nH]c(=O)oc3c2)c1. The predicted molar refractivity (Wildman–Crippen MR) is 95.1 cm³/mol. The Morgan fingerprint density at radius 1 is 0.962 bits per heavy atom. The fourth-order valence-corrected chi connectivity index (χ4v) is 4.19. The molecule has 0 aliphatic rings. The summed E-state index contributed by atoms with van der Waals surface area (Å²) in [6.45, 7) is 1.64. The second kappa shape index (κ2) is 6.27. The molecule has 0 saturated carbocycles. The zero-order chi connectivity index (χ0) is 19.1. The van der Waals surface area contributed by atoms with Crippen molar-refractivity contribution < 1.29 is 21.3 Å². The van der Waals surface area contributed by atoms with Gasteiger partial charge in [-0.2, -0.15) is 0 Å². The van der Waals surface area contributed by atoms with Gasteiger partial charge in [-0.05, 0) is 43.8 Å². The lowest BCUT2D eigenvalue weighted by atomic mass is 10.2. The predicted octanol–water partition coefficient (Wildman–Crippen LogP) is 1.14. The summed E-state index contributed by atoms with van der Waals surface area (Å²) >= 11 is 0. The molecule has 11 heteroatoms. The van der Waals surface area contributed by atoms with Crippen molar-refractivity contribution in [3.05, 3.63) is 52.5 Å². The molecular formula is C15H15N3O6S2. The first-order valence-corrected chi connectivity index (χ1v) is 10.3. The molecule has 2 aromatic carbocycles. The summed E-state index contributed by atoms with van der Waals surface area (Å²) < 4.78 is 58.5. The quantitative estimate of drug-likeness (QED) is 0.590. The number of oxazole rings is 1. The Bertz CT molecular complexity index is 1260. The van der Waals surface area contributed by atoms with Crippen molar-refractivity contribution in [1.29, 1.82) is 0 Å². The smallest absolute Gasteiger partial charge is 0.408 e. The van der Waals surface area contributed by atoms with Gasteiger partial charge in [-0.3, -0.25) is 9.71 Å². The van der Waals surface area contributed by atoms with Crippen molar-refractivity contribution >= 4 is 36.8 Å². The number of sulfonamides is 2. The van der Waals surface area contributed by atoms with E-state index in [-0.39, 0.29) is 21.1 Å². The lowest BCUT2D eigenvalue weighted by Crippen LogP contribution is -2.19. The molecule has 0 aliphatic carbocycles. The summed E-state index contributed by atoms with van der Waals surface area (Å²) in [5, 5.41) is 0. The van der Waals surface area contributed by atoms with Crippen molar-refractivity contribution in [2.75, 3.05) is 11.8 Å². The molecular weight excluding hydrogens is 382 g/mol. The van der Waals surface area contributed by atoms with Gasteiger partial charge in [0.15, 0.2) is 5.58 Å². The molecule has 3 N–H and O–H groups in total. The summed E-state index contributed by atoms with van der Waals surface area (Å²) in [4.78, 5) is 13.4. The molecule has 3 aromatic rings. The molecule has 138 valence electrons. The molecule has 0 fully saturated rings. The highest BCUT2D eigenvalue weighted by Crippen LogP contribution is 2.24. The number of H-pyrrole nitrogens is 1. The van der Waals surface area contributed by atoms with E-state index in [0.717, 1.165) is 0 Å². The second-order valence-corrected chi connectivity index (χ2v) is 9.03. The number of benzene rings is 2. The van der Waals surface area contributed by atoms with Crippen LogP contribution < -0.4 is 15.2 Å². The van der Waals surface area contributed by atoms with Crippen LogP contribution in [0.4, 0.5) is 5.69 Å². The van der Waals surface area contributed by atoms with Crippen molar-refractivity contribution in [1.82, 2.24) is 9.71 Å².